The van der Waals surface area contributed by atoms with E-state index in [1.807, 2.05) is 18.2 Å². The summed E-state index contributed by atoms with van der Waals surface area (Å²) in [5.74, 6) is 0. The zero-order chi connectivity index (χ0) is 13.2. The highest BCUT2D eigenvalue weighted by Crippen LogP contribution is 2.39. The Hall–Kier alpha value is -0.280. The van der Waals surface area contributed by atoms with Crippen molar-refractivity contribution in [2.75, 3.05) is 7.11 Å². The maximum atomic E-state index is 6.22. The van der Waals surface area contributed by atoms with E-state index in [0.29, 0.717) is 16.5 Å². The molecule has 4 heteroatoms. The Morgan fingerprint density at radius 1 is 1.33 bits per heavy atom. The molecule has 1 saturated carbocycles. The summed E-state index contributed by atoms with van der Waals surface area (Å²) in [6, 6.07) is 5.58. The molecule has 18 heavy (non-hydrogen) atoms. The molecule has 1 aliphatic carbocycles. The lowest BCUT2D eigenvalue weighted by molar-refractivity contribution is -0.0813. The lowest BCUT2D eigenvalue weighted by Gasteiger charge is -2.42. The highest BCUT2D eigenvalue weighted by molar-refractivity contribution is 6.35. The van der Waals surface area contributed by atoms with Crippen molar-refractivity contribution < 1.29 is 4.74 Å². The summed E-state index contributed by atoms with van der Waals surface area (Å²) in [5, 5.41) is 1.39. The second-order valence-electron chi connectivity index (χ2n) is 5.11. The van der Waals surface area contributed by atoms with Gasteiger partial charge in [-0.15, -0.1) is 0 Å². The molecule has 0 bridgehead atoms. The van der Waals surface area contributed by atoms with Crippen LogP contribution in [0.4, 0.5) is 0 Å². The Labute approximate surface area is 118 Å². The van der Waals surface area contributed by atoms with Gasteiger partial charge in [-0.1, -0.05) is 29.3 Å². The van der Waals surface area contributed by atoms with Crippen molar-refractivity contribution in [1.82, 2.24) is 0 Å². The van der Waals surface area contributed by atoms with Crippen molar-refractivity contribution in [3.8, 4) is 0 Å². The van der Waals surface area contributed by atoms with Crippen molar-refractivity contribution in [2.45, 2.75) is 43.7 Å². The third-order valence-corrected chi connectivity index (χ3v) is 4.57. The molecule has 2 N–H and O–H groups in total. The summed E-state index contributed by atoms with van der Waals surface area (Å²) in [4.78, 5) is 0. The predicted octanol–water partition coefficient (Wildman–Crippen LogP) is 3.82. The normalized spacial score (nSPS) is 19.3. The van der Waals surface area contributed by atoms with Gasteiger partial charge in [0.15, 0.2) is 0 Å². The van der Waals surface area contributed by atoms with Crippen LogP contribution in [0, 0.1) is 0 Å². The van der Waals surface area contributed by atoms with Crippen LogP contribution in [0.15, 0.2) is 18.2 Å². The summed E-state index contributed by atoms with van der Waals surface area (Å²) in [7, 11) is 1.77. The molecule has 100 valence electrons. The Morgan fingerprint density at radius 3 is 2.39 bits per heavy atom. The van der Waals surface area contributed by atoms with Crippen molar-refractivity contribution in [3.63, 3.8) is 0 Å². The summed E-state index contributed by atoms with van der Waals surface area (Å²) in [6.07, 6.45) is 5.00. The maximum Gasteiger partial charge on any atom is 0.0693 e. The topological polar surface area (TPSA) is 35.2 Å². The molecule has 0 aromatic heterocycles. The Balaban J connectivity index is 2.01. The van der Waals surface area contributed by atoms with Gasteiger partial charge in [-0.25, -0.2) is 0 Å². The molecule has 0 aliphatic heterocycles. The molecule has 1 aromatic rings. The number of hydrogen-bond acceptors (Lipinski definition) is 2. The largest absolute Gasteiger partial charge is 0.378 e. The molecular weight excluding hydrogens is 269 g/mol. The minimum absolute atomic E-state index is 0.00680. The van der Waals surface area contributed by atoms with Crippen molar-refractivity contribution in [1.29, 1.82) is 0 Å². The first-order valence-corrected chi connectivity index (χ1v) is 7.05. The summed E-state index contributed by atoms with van der Waals surface area (Å²) in [6.45, 7) is 0. The Morgan fingerprint density at radius 2 is 1.94 bits per heavy atom. The van der Waals surface area contributed by atoms with Gasteiger partial charge in [0, 0.05) is 23.2 Å². The van der Waals surface area contributed by atoms with Gasteiger partial charge in [-0.05, 0) is 49.8 Å². The van der Waals surface area contributed by atoms with Gasteiger partial charge in [-0.3, -0.25) is 0 Å². The van der Waals surface area contributed by atoms with Crippen molar-refractivity contribution in [2.24, 2.45) is 5.73 Å². The minimum atomic E-state index is -0.00680. The molecule has 1 unspecified atom stereocenters. The Bertz CT molecular complexity index is 392. The van der Waals surface area contributed by atoms with Gasteiger partial charge in [0.25, 0.3) is 0 Å². The van der Waals surface area contributed by atoms with Gasteiger partial charge < -0.3 is 10.5 Å². The van der Waals surface area contributed by atoms with Gasteiger partial charge in [0.2, 0.25) is 0 Å². The lowest BCUT2D eigenvalue weighted by atomic mass is 9.75. The molecule has 1 aromatic carbocycles. The van der Waals surface area contributed by atoms with Crippen LogP contribution in [-0.2, 0) is 11.2 Å². The number of rotatable bonds is 5. The zero-order valence-electron chi connectivity index (χ0n) is 10.6. The van der Waals surface area contributed by atoms with Crippen LogP contribution in [0.25, 0.3) is 0 Å². The first kappa shape index (κ1) is 14.1. The second-order valence-corrected chi connectivity index (χ2v) is 5.92. The number of methoxy groups -OCH3 is 1. The van der Waals surface area contributed by atoms with E-state index in [4.69, 9.17) is 33.7 Å². The second kappa shape index (κ2) is 5.79. The number of benzene rings is 1. The third-order valence-electron chi connectivity index (χ3n) is 3.86. The van der Waals surface area contributed by atoms with E-state index >= 15 is 0 Å². The van der Waals surface area contributed by atoms with Crippen LogP contribution >= 0.6 is 23.2 Å². The van der Waals surface area contributed by atoms with E-state index in [9.17, 15) is 0 Å². The molecule has 0 radical (unpaired) electrons. The van der Waals surface area contributed by atoms with E-state index in [2.05, 4.69) is 0 Å². The van der Waals surface area contributed by atoms with E-state index in [0.717, 1.165) is 24.8 Å². The molecular formula is C14H19Cl2NO. The van der Waals surface area contributed by atoms with E-state index < -0.39 is 0 Å². The molecule has 1 aliphatic rings. The molecule has 2 rings (SSSR count). The van der Waals surface area contributed by atoms with Crippen molar-refractivity contribution in [3.05, 3.63) is 33.8 Å². The van der Waals surface area contributed by atoms with Crippen LogP contribution in [0.2, 0.25) is 10.0 Å². The first-order chi connectivity index (χ1) is 8.56. The summed E-state index contributed by atoms with van der Waals surface area (Å²) in [5.41, 5.74) is 7.15. The Kier molecular flexibility index (Phi) is 4.54. The average molecular weight is 288 g/mol. The van der Waals surface area contributed by atoms with Crippen molar-refractivity contribution >= 4 is 23.2 Å². The average Bonchev–Trinajstić information content (AvgIpc) is 2.29. The fourth-order valence-electron chi connectivity index (χ4n) is 2.60. The van der Waals surface area contributed by atoms with Crippen LogP contribution in [-0.4, -0.2) is 18.8 Å². The number of halogens is 2. The van der Waals surface area contributed by atoms with Crippen LogP contribution < -0.4 is 5.73 Å². The van der Waals surface area contributed by atoms with Gasteiger partial charge in [0.05, 0.1) is 5.60 Å². The summed E-state index contributed by atoms with van der Waals surface area (Å²) >= 11 is 12.3. The SMILES string of the molecule is COC1(CC(N)Cc2c(Cl)cccc2Cl)CCC1. The number of hydrogen-bond donors (Lipinski definition) is 1. The van der Waals surface area contributed by atoms with Gasteiger partial charge >= 0.3 is 0 Å². The van der Waals surface area contributed by atoms with Gasteiger partial charge in [-0.2, -0.15) is 0 Å². The maximum absolute atomic E-state index is 6.22. The van der Waals surface area contributed by atoms with E-state index in [-0.39, 0.29) is 11.6 Å². The molecule has 0 heterocycles. The first-order valence-electron chi connectivity index (χ1n) is 6.30. The molecule has 1 fully saturated rings. The fraction of sp³-hybridized carbons (Fsp3) is 0.571. The smallest absolute Gasteiger partial charge is 0.0693 e. The predicted molar refractivity (Wildman–Crippen MR) is 76.3 cm³/mol. The van der Waals surface area contributed by atoms with Gasteiger partial charge in [0.1, 0.15) is 0 Å². The summed E-state index contributed by atoms with van der Waals surface area (Å²) < 4.78 is 5.60. The molecule has 1 atom stereocenters. The highest BCUT2D eigenvalue weighted by atomic mass is 35.5. The molecule has 0 amide bonds. The van der Waals surface area contributed by atoms with Crippen LogP contribution in [0.1, 0.15) is 31.2 Å². The monoisotopic (exact) mass is 287 g/mol. The fourth-order valence-corrected chi connectivity index (χ4v) is 3.15. The molecule has 0 spiro atoms. The van der Waals surface area contributed by atoms with E-state index in [1.165, 1.54) is 6.42 Å². The third kappa shape index (κ3) is 3.00. The lowest BCUT2D eigenvalue weighted by Crippen LogP contribution is -2.45. The minimum Gasteiger partial charge on any atom is -0.378 e. The standard InChI is InChI=1S/C14H19Cl2NO/c1-18-14(6-3-7-14)9-10(17)8-11-12(15)4-2-5-13(11)16/h2,4-5,10H,3,6-9,17H2,1H3. The van der Waals surface area contributed by atoms with Crippen LogP contribution in [0.5, 0.6) is 0 Å². The number of nitrogens with two attached hydrogens (primary N) is 1. The van der Waals surface area contributed by atoms with Crippen LogP contribution in [0.3, 0.4) is 0 Å². The van der Waals surface area contributed by atoms with E-state index in [1.54, 1.807) is 7.11 Å². The molecule has 2 nitrogen and oxygen atoms in total. The molecule has 0 saturated heterocycles. The zero-order valence-corrected chi connectivity index (χ0v) is 12.1. The quantitative estimate of drug-likeness (QED) is 0.894. The number of ether oxygens (including phenoxy) is 1. The highest BCUT2D eigenvalue weighted by Gasteiger charge is 2.38.